The lowest BCUT2D eigenvalue weighted by molar-refractivity contribution is 0.637. The van der Waals surface area contributed by atoms with Gasteiger partial charge in [0.05, 0.1) is 0 Å². The highest BCUT2D eigenvalue weighted by Gasteiger charge is 2.08. The fourth-order valence-electron chi connectivity index (χ4n) is 1.54. The summed E-state index contributed by atoms with van der Waals surface area (Å²) in [7, 11) is 0. The van der Waals surface area contributed by atoms with Crippen molar-refractivity contribution in [3.05, 3.63) is 18.0 Å². The van der Waals surface area contributed by atoms with Crippen LogP contribution >= 0.6 is 11.5 Å². The standard InChI is InChI=1S/C10H16N6S/c1-7(2)9-14-12-6-16(9)5-4-11-10-13-8(3)15-17-10/h6-7H,4-5H2,1-3H3,(H,11,13,15). The molecule has 0 fully saturated rings. The van der Waals surface area contributed by atoms with Crippen LogP contribution in [-0.2, 0) is 6.54 Å². The van der Waals surface area contributed by atoms with Crippen LogP contribution in [0.3, 0.4) is 0 Å². The highest BCUT2D eigenvalue weighted by Crippen LogP contribution is 2.11. The molecule has 0 aromatic carbocycles. The predicted molar refractivity (Wildman–Crippen MR) is 67.2 cm³/mol. The van der Waals surface area contributed by atoms with Crippen LogP contribution in [0.25, 0.3) is 0 Å². The molecule has 0 saturated carbocycles. The number of nitrogens with zero attached hydrogens (tertiary/aromatic N) is 5. The van der Waals surface area contributed by atoms with Gasteiger partial charge in [-0.25, -0.2) is 4.98 Å². The first-order valence-corrected chi connectivity index (χ1v) is 6.36. The van der Waals surface area contributed by atoms with Gasteiger partial charge in [-0.2, -0.15) is 4.37 Å². The minimum Gasteiger partial charge on any atom is -0.358 e. The average Bonchev–Trinajstić information content (AvgIpc) is 2.87. The molecule has 0 radical (unpaired) electrons. The summed E-state index contributed by atoms with van der Waals surface area (Å²) in [5, 5.41) is 12.1. The van der Waals surface area contributed by atoms with Crippen LogP contribution in [0.4, 0.5) is 5.13 Å². The molecular formula is C10H16N6S. The summed E-state index contributed by atoms with van der Waals surface area (Å²) in [6.07, 6.45) is 1.77. The van der Waals surface area contributed by atoms with E-state index in [0.717, 1.165) is 29.9 Å². The zero-order valence-electron chi connectivity index (χ0n) is 10.2. The fourth-order valence-corrected chi connectivity index (χ4v) is 2.13. The molecule has 0 unspecified atom stereocenters. The number of anilines is 1. The van der Waals surface area contributed by atoms with E-state index in [9.17, 15) is 0 Å². The number of aryl methyl sites for hydroxylation is 1. The lowest BCUT2D eigenvalue weighted by atomic mass is 10.2. The quantitative estimate of drug-likeness (QED) is 0.876. The second kappa shape index (κ2) is 5.22. The second-order valence-electron chi connectivity index (χ2n) is 4.11. The highest BCUT2D eigenvalue weighted by atomic mass is 32.1. The summed E-state index contributed by atoms with van der Waals surface area (Å²) < 4.78 is 6.18. The van der Waals surface area contributed by atoms with Gasteiger partial charge in [0, 0.05) is 30.5 Å². The Morgan fingerprint density at radius 3 is 2.94 bits per heavy atom. The van der Waals surface area contributed by atoms with Gasteiger partial charge >= 0.3 is 0 Å². The van der Waals surface area contributed by atoms with Crippen molar-refractivity contribution in [2.45, 2.75) is 33.2 Å². The van der Waals surface area contributed by atoms with Gasteiger partial charge in [-0.05, 0) is 6.92 Å². The van der Waals surface area contributed by atoms with E-state index in [1.54, 1.807) is 6.33 Å². The van der Waals surface area contributed by atoms with Crippen LogP contribution < -0.4 is 5.32 Å². The molecule has 1 N–H and O–H groups in total. The van der Waals surface area contributed by atoms with Crippen molar-refractivity contribution in [1.29, 1.82) is 0 Å². The van der Waals surface area contributed by atoms with E-state index < -0.39 is 0 Å². The third-order valence-corrected chi connectivity index (χ3v) is 3.08. The van der Waals surface area contributed by atoms with Crippen LogP contribution in [0.15, 0.2) is 6.33 Å². The Kier molecular flexibility index (Phi) is 3.68. The van der Waals surface area contributed by atoms with E-state index in [0.29, 0.717) is 5.92 Å². The maximum atomic E-state index is 4.24. The second-order valence-corrected chi connectivity index (χ2v) is 4.86. The SMILES string of the molecule is Cc1nsc(NCCn2cnnc2C(C)C)n1. The fraction of sp³-hybridized carbons (Fsp3) is 0.600. The zero-order valence-corrected chi connectivity index (χ0v) is 11.0. The molecule has 2 aromatic rings. The molecule has 92 valence electrons. The van der Waals surface area contributed by atoms with Gasteiger partial charge < -0.3 is 9.88 Å². The lowest BCUT2D eigenvalue weighted by Crippen LogP contribution is -2.13. The molecule has 2 rings (SSSR count). The van der Waals surface area contributed by atoms with Crippen molar-refractivity contribution in [3.63, 3.8) is 0 Å². The van der Waals surface area contributed by atoms with Gasteiger partial charge in [-0.3, -0.25) is 0 Å². The Hall–Kier alpha value is -1.50. The van der Waals surface area contributed by atoms with Crippen LogP contribution in [0.2, 0.25) is 0 Å². The maximum absolute atomic E-state index is 4.24. The molecule has 2 heterocycles. The normalized spacial score (nSPS) is 11.1. The summed E-state index contributed by atoms with van der Waals surface area (Å²) in [5.41, 5.74) is 0. The van der Waals surface area contributed by atoms with Crippen molar-refractivity contribution >= 4 is 16.7 Å². The monoisotopic (exact) mass is 252 g/mol. The first-order valence-electron chi connectivity index (χ1n) is 5.58. The lowest BCUT2D eigenvalue weighted by Gasteiger charge is -2.08. The smallest absolute Gasteiger partial charge is 0.202 e. The molecule has 0 saturated heterocycles. The largest absolute Gasteiger partial charge is 0.358 e. The van der Waals surface area contributed by atoms with Crippen molar-refractivity contribution in [2.75, 3.05) is 11.9 Å². The van der Waals surface area contributed by atoms with E-state index in [1.165, 1.54) is 11.5 Å². The van der Waals surface area contributed by atoms with Gasteiger partial charge in [-0.15, -0.1) is 10.2 Å². The van der Waals surface area contributed by atoms with Crippen molar-refractivity contribution in [1.82, 2.24) is 24.1 Å². The molecule has 17 heavy (non-hydrogen) atoms. The van der Waals surface area contributed by atoms with E-state index in [1.807, 2.05) is 6.92 Å². The molecular weight excluding hydrogens is 236 g/mol. The highest BCUT2D eigenvalue weighted by molar-refractivity contribution is 7.09. The zero-order chi connectivity index (χ0) is 12.3. The number of aromatic nitrogens is 5. The molecule has 0 aliphatic rings. The molecule has 0 atom stereocenters. The van der Waals surface area contributed by atoms with E-state index in [-0.39, 0.29) is 0 Å². The Balaban J connectivity index is 1.88. The topological polar surface area (TPSA) is 68.5 Å². The van der Waals surface area contributed by atoms with Crippen molar-refractivity contribution < 1.29 is 0 Å². The van der Waals surface area contributed by atoms with Gasteiger partial charge in [0.25, 0.3) is 0 Å². The Morgan fingerprint density at radius 2 is 2.29 bits per heavy atom. The van der Waals surface area contributed by atoms with Gasteiger partial charge in [0.1, 0.15) is 18.0 Å². The van der Waals surface area contributed by atoms with Crippen LogP contribution in [-0.4, -0.2) is 30.7 Å². The van der Waals surface area contributed by atoms with Gasteiger partial charge in [0.15, 0.2) is 0 Å². The summed E-state index contributed by atoms with van der Waals surface area (Å²) in [6, 6.07) is 0. The molecule has 0 bridgehead atoms. The van der Waals surface area contributed by atoms with Crippen LogP contribution in [0.5, 0.6) is 0 Å². The first kappa shape index (κ1) is 12.0. The number of hydrogen-bond donors (Lipinski definition) is 1. The van der Waals surface area contributed by atoms with E-state index in [2.05, 4.69) is 43.3 Å². The molecule has 7 heteroatoms. The molecule has 0 aliphatic heterocycles. The third-order valence-electron chi connectivity index (χ3n) is 2.32. The molecule has 0 amide bonds. The number of hydrogen-bond acceptors (Lipinski definition) is 6. The summed E-state index contributed by atoms with van der Waals surface area (Å²) in [6.45, 7) is 7.74. The molecule has 2 aromatic heterocycles. The van der Waals surface area contributed by atoms with E-state index >= 15 is 0 Å². The molecule has 0 spiro atoms. The third kappa shape index (κ3) is 3.00. The first-order chi connectivity index (χ1) is 8.16. The Bertz CT molecular complexity index is 475. The van der Waals surface area contributed by atoms with Gasteiger partial charge in [-0.1, -0.05) is 13.8 Å². The van der Waals surface area contributed by atoms with E-state index in [4.69, 9.17) is 0 Å². The molecule has 6 nitrogen and oxygen atoms in total. The Labute approximate surface area is 104 Å². The van der Waals surface area contributed by atoms with Gasteiger partial charge in [0.2, 0.25) is 5.13 Å². The maximum Gasteiger partial charge on any atom is 0.202 e. The van der Waals surface area contributed by atoms with Crippen LogP contribution in [0, 0.1) is 6.92 Å². The number of nitrogens with one attached hydrogen (secondary N) is 1. The average molecular weight is 252 g/mol. The molecule has 0 aliphatic carbocycles. The summed E-state index contributed by atoms with van der Waals surface area (Å²) >= 11 is 1.38. The number of rotatable bonds is 5. The minimum atomic E-state index is 0.390. The predicted octanol–water partition coefficient (Wildman–Crippen LogP) is 1.67. The summed E-state index contributed by atoms with van der Waals surface area (Å²) in [5.74, 6) is 2.21. The summed E-state index contributed by atoms with van der Waals surface area (Å²) in [4.78, 5) is 4.24. The Morgan fingerprint density at radius 1 is 1.47 bits per heavy atom. The minimum absolute atomic E-state index is 0.390. The van der Waals surface area contributed by atoms with Crippen LogP contribution in [0.1, 0.15) is 31.4 Å². The van der Waals surface area contributed by atoms with Crippen molar-refractivity contribution in [3.8, 4) is 0 Å². The van der Waals surface area contributed by atoms with Crippen molar-refractivity contribution in [2.24, 2.45) is 0 Å².